The molecule has 0 aromatic heterocycles. The van der Waals surface area contributed by atoms with Crippen molar-refractivity contribution in [3.05, 3.63) is 11.8 Å². The van der Waals surface area contributed by atoms with Gasteiger partial charge >= 0.3 is 5.97 Å². The number of unbranched alkanes of at least 4 members (excludes halogenated alkanes) is 1. The zero-order valence-corrected chi connectivity index (χ0v) is 14.2. The Kier molecular flexibility index (Phi) is 6.90. The van der Waals surface area contributed by atoms with E-state index in [0.29, 0.717) is 5.04 Å². The first kappa shape index (κ1) is 17.4. The van der Waals surface area contributed by atoms with Crippen molar-refractivity contribution in [2.75, 3.05) is 0 Å². The first-order valence-electron chi connectivity index (χ1n) is 6.96. The van der Waals surface area contributed by atoms with Crippen molar-refractivity contribution in [2.45, 2.75) is 78.1 Å². The van der Waals surface area contributed by atoms with E-state index < -0.39 is 8.07 Å². The molecule has 0 amide bonds. The van der Waals surface area contributed by atoms with Crippen molar-refractivity contribution < 1.29 is 9.53 Å². The lowest BCUT2D eigenvalue weighted by molar-refractivity contribution is -0.144. The van der Waals surface area contributed by atoms with E-state index in [2.05, 4.69) is 52.6 Å². The van der Waals surface area contributed by atoms with Gasteiger partial charge in [-0.3, -0.25) is 4.79 Å². The van der Waals surface area contributed by atoms with Crippen molar-refractivity contribution in [2.24, 2.45) is 0 Å². The Morgan fingerprint density at radius 3 is 2.28 bits per heavy atom. The van der Waals surface area contributed by atoms with Crippen LogP contribution < -0.4 is 0 Å². The Labute approximate surface area is 114 Å². The second-order valence-corrected chi connectivity index (χ2v) is 11.9. The first-order chi connectivity index (χ1) is 8.10. The van der Waals surface area contributed by atoms with E-state index in [1.165, 1.54) is 6.92 Å². The maximum Gasteiger partial charge on any atom is 0.303 e. The van der Waals surface area contributed by atoms with E-state index in [-0.39, 0.29) is 12.1 Å². The lowest BCUT2D eigenvalue weighted by atomic mass is 10.1. The molecule has 0 radical (unpaired) electrons. The van der Waals surface area contributed by atoms with Crippen molar-refractivity contribution >= 4 is 14.0 Å². The van der Waals surface area contributed by atoms with Gasteiger partial charge in [0.2, 0.25) is 0 Å². The van der Waals surface area contributed by atoms with Crippen LogP contribution in [0, 0.1) is 0 Å². The normalized spacial score (nSPS) is 14.8. The predicted molar refractivity (Wildman–Crippen MR) is 81.4 cm³/mol. The Morgan fingerprint density at radius 2 is 1.89 bits per heavy atom. The summed E-state index contributed by atoms with van der Waals surface area (Å²) in [7, 11) is -1.43. The third-order valence-electron chi connectivity index (χ3n) is 3.82. The molecule has 0 rings (SSSR count). The highest BCUT2D eigenvalue weighted by Crippen LogP contribution is 2.36. The Morgan fingerprint density at radius 1 is 1.33 bits per heavy atom. The molecule has 0 aromatic rings. The van der Waals surface area contributed by atoms with Crippen LogP contribution in [0.2, 0.25) is 18.1 Å². The summed E-state index contributed by atoms with van der Waals surface area (Å²) in [5, 5.41) is 0.328. The van der Waals surface area contributed by atoms with Crippen LogP contribution in [0.5, 0.6) is 0 Å². The highest BCUT2D eigenvalue weighted by Gasteiger charge is 2.32. The van der Waals surface area contributed by atoms with Gasteiger partial charge in [0.05, 0.1) is 8.07 Å². The van der Waals surface area contributed by atoms with E-state index in [4.69, 9.17) is 4.74 Å². The molecular weight excluding hydrogens is 240 g/mol. The van der Waals surface area contributed by atoms with Crippen LogP contribution in [0.3, 0.4) is 0 Å². The molecular formula is C15H30O2Si. The SMILES string of the molecule is CCCCC(/C=C/[Si](C)(C)C(C)(C)C)OC(C)=O. The van der Waals surface area contributed by atoms with Crippen LogP contribution in [0.1, 0.15) is 53.9 Å². The van der Waals surface area contributed by atoms with Gasteiger partial charge in [-0.25, -0.2) is 0 Å². The Hall–Kier alpha value is -0.573. The van der Waals surface area contributed by atoms with E-state index in [1.54, 1.807) is 0 Å². The van der Waals surface area contributed by atoms with Gasteiger partial charge in [-0.2, -0.15) is 0 Å². The number of rotatable bonds is 6. The van der Waals surface area contributed by atoms with Crippen molar-refractivity contribution in [3.8, 4) is 0 Å². The standard InChI is InChI=1S/C15H30O2Si/c1-8-9-10-14(17-13(2)16)11-12-18(6,7)15(3,4)5/h11-12,14H,8-10H2,1-7H3/b12-11+. The van der Waals surface area contributed by atoms with Gasteiger partial charge in [-0.15, -0.1) is 0 Å². The van der Waals surface area contributed by atoms with Crippen molar-refractivity contribution in [1.82, 2.24) is 0 Å². The van der Waals surface area contributed by atoms with E-state index in [9.17, 15) is 4.79 Å². The summed E-state index contributed by atoms with van der Waals surface area (Å²) in [5.74, 6) is -0.184. The van der Waals surface area contributed by atoms with Crippen molar-refractivity contribution in [1.29, 1.82) is 0 Å². The molecule has 0 bridgehead atoms. The van der Waals surface area contributed by atoms with Gasteiger partial charge in [-0.1, -0.05) is 59.0 Å². The molecule has 0 N–H and O–H groups in total. The average molecular weight is 270 g/mol. The zero-order chi connectivity index (χ0) is 14.4. The van der Waals surface area contributed by atoms with Crippen LogP contribution in [-0.4, -0.2) is 20.1 Å². The molecule has 3 heteroatoms. The zero-order valence-electron chi connectivity index (χ0n) is 13.2. The van der Waals surface area contributed by atoms with Gasteiger partial charge in [0.1, 0.15) is 6.10 Å². The molecule has 0 aliphatic heterocycles. The smallest absolute Gasteiger partial charge is 0.303 e. The molecule has 1 unspecified atom stereocenters. The Balaban J connectivity index is 4.69. The lowest BCUT2D eigenvalue weighted by Gasteiger charge is -2.34. The van der Waals surface area contributed by atoms with E-state index >= 15 is 0 Å². The third-order valence-corrected chi connectivity index (χ3v) is 8.71. The fraction of sp³-hybridized carbons (Fsp3) is 0.800. The molecule has 0 spiro atoms. The van der Waals surface area contributed by atoms with Gasteiger partial charge < -0.3 is 4.74 Å². The van der Waals surface area contributed by atoms with Crippen molar-refractivity contribution in [3.63, 3.8) is 0 Å². The Bertz CT molecular complexity index is 287. The fourth-order valence-corrected chi connectivity index (χ4v) is 2.61. The molecule has 0 saturated heterocycles. The molecule has 2 nitrogen and oxygen atoms in total. The van der Waals surface area contributed by atoms with Gasteiger partial charge in [0.15, 0.2) is 0 Å². The molecule has 18 heavy (non-hydrogen) atoms. The van der Waals surface area contributed by atoms with Crippen LogP contribution in [0.25, 0.3) is 0 Å². The first-order valence-corrected chi connectivity index (χ1v) is 10.0. The summed E-state index contributed by atoms with van der Waals surface area (Å²) in [6.45, 7) is 15.2. The number of carbonyl (C=O) groups excluding carboxylic acids is 1. The molecule has 0 saturated carbocycles. The molecule has 0 aliphatic carbocycles. The summed E-state index contributed by atoms with van der Waals surface area (Å²) in [5.41, 5.74) is 2.33. The number of carbonyl (C=O) groups is 1. The quantitative estimate of drug-likeness (QED) is 0.516. The maximum absolute atomic E-state index is 11.1. The third kappa shape index (κ3) is 6.38. The average Bonchev–Trinajstić information content (AvgIpc) is 2.20. The highest BCUT2D eigenvalue weighted by molar-refractivity contribution is 6.84. The lowest BCUT2D eigenvalue weighted by Crippen LogP contribution is -2.35. The van der Waals surface area contributed by atoms with Gasteiger partial charge in [0.25, 0.3) is 0 Å². The minimum absolute atomic E-state index is 0.0448. The number of hydrogen-bond donors (Lipinski definition) is 0. The maximum atomic E-state index is 11.1. The molecule has 0 heterocycles. The summed E-state index contributed by atoms with van der Waals surface area (Å²) in [6.07, 6.45) is 5.23. The molecule has 0 aliphatic rings. The molecule has 106 valence electrons. The predicted octanol–water partition coefficient (Wildman–Crippen LogP) is 4.71. The highest BCUT2D eigenvalue weighted by atomic mass is 28.3. The number of esters is 1. The molecule has 0 aromatic carbocycles. The molecule has 0 fully saturated rings. The number of hydrogen-bond acceptors (Lipinski definition) is 2. The van der Waals surface area contributed by atoms with E-state index in [1.807, 2.05) is 0 Å². The van der Waals surface area contributed by atoms with Crippen LogP contribution >= 0.6 is 0 Å². The monoisotopic (exact) mass is 270 g/mol. The van der Waals surface area contributed by atoms with Crippen LogP contribution in [-0.2, 0) is 9.53 Å². The second kappa shape index (κ2) is 7.12. The van der Waals surface area contributed by atoms with Gasteiger partial charge in [-0.05, 0) is 17.9 Å². The second-order valence-electron chi connectivity index (χ2n) is 6.62. The topological polar surface area (TPSA) is 26.3 Å². The van der Waals surface area contributed by atoms with E-state index in [0.717, 1.165) is 19.3 Å². The minimum atomic E-state index is -1.43. The number of ether oxygens (including phenoxy) is 1. The molecule has 1 atom stereocenters. The summed E-state index contributed by atoms with van der Waals surface area (Å²) < 4.78 is 5.36. The summed E-state index contributed by atoms with van der Waals surface area (Å²) in [4.78, 5) is 11.1. The minimum Gasteiger partial charge on any atom is -0.458 e. The van der Waals surface area contributed by atoms with Gasteiger partial charge in [0, 0.05) is 6.92 Å². The summed E-state index contributed by atoms with van der Waals surface area (Å²) in [6, 6.07) is 0. The fourth-order valence-electron chi connectivity index (χ4n) is 1.41. The largest absolute Gasteiger partial charge is 0.458 e. The summed E-state index contributed by atoms with van der Waals surface area (Å²) >= 11 is 0. The van der Waals surface area contributed by atoms with Crippen LogP contribution in [0.4, 0.5) is 0 Å². The van der Waals surface area contributed by atoms with Crippen LogP contribution in [0.15, 0.2) is 11.8 Å².